The fraction of sp³-hybridized carbons (Fsp3) is 0.600. The largest absolute Gasteiger partial charge is 0.100 e. The number of rotatable bonds is 7. The van der Waals surface area contributed by atoms with Crippen molar-refractivity contribution in [2.45, 2.75) is 106 Å². The lowest BCUT2D eigenvalue weighted by Gasteiger charge is -2.28. The van der Waals surface area contributed by atoms with Crippen molar-refractivity contribution in [1.82, 2.24) is 0 Å². The molecule has 170 valence electrons. The molecule has 0 saturated heterocycles. The molecule has 0 bridgehead atoms. The highest BCUT2D eigenvalue weighted by Gasteiger charge is 2.19. The lowest BCUT2D eigenvalue weighted by molar-refractivity contribution is 0.237. The summed E-state index contributed by atoms with van der Waals surface area (Å²) in [6.45, 7) is 22.9. The van der Waals surface area contributed by atoms with Crippen molar-refractivity contribution >= 4 is 6.08 Å². The number of aryl methyl sites for hydroxylation is 1. The second-order valence-electron chi connectivity index (χ2n) is 9.34. The van der Waals surface area contributed by atoms with Crippen molar-refractivity contribution < 1.29 is 0 Å². The average Bonchev–Trinajstić information content (AvgIpc) is 2.70. The summed E-state index contributed by atoms with van der Waals surface area (Å²) in [6.07, 6.45) is 14.9. The first-order chi connectivity index (χ1) is 14.2. The normalized spacial score (nSPS) is 18.4. The van der Waals surface area contributed by atoms with Crippen LogP contribution in [0.15, 0.2) is 54.1 Å². The zero-order valence-corrected chi connectivity index (χ0v) is 21.3. The minimum absolute atomic E-state index is 1.02. The summed E-state index contributed by atoms with van der Waals surface area (Å²) in [6, 6.07) is 8.37. The maximum Gasteiger partial charge on any atom is -0.0225 e. The van der Waals surface area contributed by atoms with E-state index in [0.717, 1.165) is 17.4 Å². The third-order valence-corrected chi connectivity index (χ3v) is 6.13. The van der Waals surface area contributed by atoms with Gasteiger partial charge in [-0.1, -0.05) is 120 Å². The highest BCUT2D eigenvalue weighted by molar-refractivity contribution is 5.59. The van der Waals surface area contributed by atoms with Gasteiger partial charge < -0.3 is 0 Å². The van der Waals surface area contributed by atoms with Crippen LogP contribution in [0.3, 0.4) is 0 Å². The predicted molar refractivity (Wildman–Crippen MR) is 140 cm³/mol. The Morgan fingerprint density at radius 3 is 2.10 bits per heavy atom. The Balaban J connectivity index is 0.000000450. The summed E-state index contributed by atoms with van der Waals surface area (Å²) in [5, 5.41) is 0. The topological polar surface area (TPSA) is 0 Å². The fourth-order valence-corrected chi connectivity index (χ4v) is 3.82. The van der Waals surface area contributed by atoms with Gasteiger partial charge in [-0.2, -0.15) is 0 Å². The molecule has 1 aliphatic rings. The van der Waals surface area contributed by atoms with Crippen molar-refractivity contribution in [1.29, 1.82) is 0 Å². The van der Waals surface area contributed by atoms with Gasteiger partial charge in [0.05, 0.1) is 0 Å². The molecule has 1 aromatic carbocycles. The van der Waals surface area contributed by atoms with Crippen molar-refractivity contribution in [2.24, 2.45) is 11.8 Å². The predicted octanol–water partition coefficient (Wildman–Crippen LogP) is 10.3. The molecule has 0 radical (unpaired) electrons. The molecular formula is C30H50. The molecule has 1 aliphatic carbocycles. The van der Waals surface area contributed by atoms with Gasteiger partial charge in [-0.3, -0.25) is 0 Å². The Morgan fingerprint density at radius 2 is 1.63 bits per heavy atom. The quantitative estimate of drug-likeness (QED) is 0.310. The molecule has 0 nitrogen and oxygen atoms in total. The summed E-state index contributed by atoms with van der Waals surface area (Å²) < 4.78 is 0. The fourth-order valence-electron chi connectivity index (χ4n) is 3.82. The van der Waals surface area contributed by atoms with Gasteiger partial charge in [-0.15, -0.1) is 6.58 Å². The lowest BCUT2D eigenvalue weighted by Crippen LogP contribution is -2.16. The molecular weight excluding hydrogens is 360 g/mol. The Kier molecular flexibility index (Phi) is 16.3. The van der Waals surface area contributed by atoms with Crippen LogP contribution in [-0.4, -0.2) is 0 Å². The van der Waals surface area contributed by atoms with Gasteiger partial charge >= 0.3 is 0 Å². The summed E-state index contributed by atoms with van der Waals surface area (Å²) in [5.41, 5.74) is 6.25. The SMILES string of the molecule is C=C(C)/C(C)=C/c1ccccc1C.C=C(C)CCC.CCCCC1CCCCC1C. The van der Waals surface area contributed by atoms with Gasteiger partial charge in [0, 0.05) is 0 Å². The average molecular weight is 411 g/mol. The van der Waals surface area contributed by atoms with Crippen LogP contribution in [0.25, 0.3) is 6.08 Å². The van der Waals surface area contributed by atoms with Crippen LogP contribution in [0.1, 0.15) is 110 Å². The summed E-state index contributed by atoms with van der Waals surface area (Å²) >= 11 is 0. The molecule has 1 saturated carbocycles. The Morgan fingerprint density at radius 1 is 1.00 bits per heavy atom. The van der Waals surface area contributed by atoms with Gasteiger partial charge in [-0.25, -0.2) is 0 Å². The Bertz CT molecular complexity index is 631. The lowest BCUT2D eigenvalue weighted by atomic mass is 9.78. The molecule has 30 heavy (non-hydrogen) atoms. The molecule has 2 unspecified atom stereocenters. The van der Waals surface area contributed by atoms with Crippen LogP contribution >= 0.6 is 0 Å². The highest BCUT2D eigenvalue weighted by atomic mass is 14.3. The molecule has 0 heteroatoms. The molecule has 0 heterocycles. The van der Waals surface area contributed by atoms with Crippen molar-refractivity contribution in [3.05, 3.63) is 65.3 Å². The molecule has 1 aromatic rings. The van der Waals surface area contributed by atoms with Gasteiger partial charge in [0.25, 0.3) is 0 Å². The Hall–Kier alpha value is -1.56. The van der Waals surface area contributed by atoms with E-state index in [1.807, 2.05) is 6.92 Å². The van der Waals surface area contributed by atoms with Crippen molar-refractivity contribution in [3.8, 4) is 0 Å². The van der Waals surface area contributed by atoms with Crippen LogP contribution in [0.5, 0.6) is 0 Å². The maximum atomic E-state index is 3.91. The van der Waals surface area contributed by atoms with E-state index in [4.69, 9.17) is 0 Å². The minimum Gasteiger partial charge on any atom is -0.100 e. The third-order valence-electron chi connectivity index (χ3n) is 6.13. The second-order valence-corrected chi connectivity index (χ2v) is 9.34. The first kappa shape index (κ1) is 28.4. The molecule has 0 aliphatic heterocycles. The molecule has 1 fully saturated rings. The van der Waals surface area contributed by atoms with E-state index in [2.05, 4.69) is 85.0 Å². The molecule has 0 amide bonds. The van der Waals surface area contributed by atoms with Crippen LogP contribution in [0, 0.1) is 18.8 Å². The van der Waals surface area contributed by atoms with E-state index in [1.54, 1.807) is 0 Å². The van der Waals surface area contributed by atoms with Gasteiger partial charge in [0.2, 0.25) is 0 Å². The molecule has 2 atom stereocenters. The van der Waals surface area contributed by atoms with Gasteiger partial charge in [0.1, 0.15) is 0 Å². The molecule has 0 N–H and O–H groups in total. The number of unbranched alkanes of at least 4 members (excludes halogenated alkanes) is 1. The first-order valence-corrected chi connectivity index (χ1v) is 12.3. The summed E-state index contributed by atoms with van der Waals surface area (Å²) in [7, 11) is 0. The van der Waals surface area contributed by atoms with E-state index in [1.165, 1.54) is 80.1 Å². The zero-order valence-electron chi connectivity index (χ0n) is 21.3. The van der Waals surface area contributed by atoms with E-state index >= 15 is 0 Å². The van der Waals surface area contributed by atoms with E-state index in [0.29, 0.717) is 0 Å². The number of hydrogen-bond acceptors (Lipinski definition) is 0. The first-order valence-electron chi connectivity index (χ1n) is 12.3. The summed E-state index contributed by atoms with van der Waals surface area (Å²) in [4.78, 5) is 0. The smallest absolute Gasteiger partial charge is 0.0225 e. The standard InChI is InChI=1S/C13H16.C11H22.C6H12/c1-10(2)12(4)9-13-8-6-5-7-11(13)3;1-3-4-8-11-9-6-5-7-10(11)2;1-4-5-6(2)3/h5-9H,1H2,2-4H3;10-11H,3-9H2,1-2H3;2,4-5H2,1,3H3/b12-9+;;. The monoisotopic (exact) mass is 410 g/mol. The number of benzene rings is 1. The van der Waals surface area contributed by atoms with E-state index in [-0.39, 0.29) is 0 Å². The maximum absolute atomic E-state index is 3.91. The summed E-state index contributed by atoms with van der Waals surface area (Å²) in [5.74, 6) is 2.10. The van der Waals surface area contributed by atoms with Crippen LogP contribution in [-0.2, 0) is 0 Å². The van der Waals surface area contributed by atoms with E-state index in [9.17, 15) is 0 Å². The van der Waals surface area contributed by atoms with Crippen LogP contribution in [0.4, 0.5) is 0 Å². The second kappa shape index (κ2) is 17.2. The third kappa shape index (κ3) is 13.6. The van der Waals surface area contributed by atoms with Crippen LogP contribution in [0.2, 0.25) is 0 Å². The Labute approximate surface area is 189 Å². The minimum atomic E-state index is 1.02. The number of allylic oxidation sites excluding steroid dienone is 3. The van der Waals surface area contributed by atoms with Gasteiger partial charge in [0.15, 0.2) is 0 Å². The number of hydrogen-bond donors (Lipinski definition) is 0. The van der Waals surface area contributed by atoms with E-state index < -0.39 is 0 Å². The van der Waals surface area contributed by atoms with Crippen molar-refractivity contribution in [3.63, 3.8) is 0 Å². The van der Waals surface area contributed by atoms with Crippen molar-refractivity contribution in [2.75, 3.05) is 0 Å². The zero-order chi connectivity index (χ0) is 22.9. The highest BCUT2D eigenvalue weighted by Crippen LogP contribution is 2.32. The van der Waals surface area contributed by atoms with Crippen LogP contribution < -0.4 is 0 Å². The molecule has 0 spiro atoms. The van der Waals surface area contributed by atoms with Gasteiger partial charge in [-0.05, 0) is 62.7 Å². The molecule has 0 aromatic heterocycles. The molecule has 2 rings (SSSR count).